The average Bonchev–Trinajstić information content (AvgIpc) is 2.40. The number of ketones is 2. The standard InChI is InChI=1S/C14H8BNO2S/c15-8-5-9(19)12(16)11-10(8)13(17)6-3-1-2-4-7(6)14(11)18/h1-5,19H,16H2. The van der Waals surface area contributed by atoms with E-state index in [-0.39, 0.29) is 33.8 Å². The lowest BCUT2D eigenvalue weighted by Gasteiger charge is -2.21. The van der Waals surface area contributed by atoms with Gasteiger partial charge in [-0.2, -0.15) is 0 Å². The molecular weight excluding hydrogens is 257 g/mol. The van der Waals surface area contributed by atoms with Crippen molar-refractivity contribution < 1.29 is 9.59 Å². The van der Waals surface area contributed by atoms with Gasteiger partial charge in [0.25, 0.3) is 0 Å². The van der Waals surface area contributed by atoms with Gasteiger partial charge in [-0.3, -0.25) is 9.59 Å². The van der Waals surface area contributed by atoms with Gasteiger partial charge in [-0.25, -0.2) is 0 Å². The second-order valence-corrected chi connectivity index (χ2v) is 4.83. The first-order valence-electron chi connectivity index (χ1n) is 5.61. The monoisotopic (exact) mass is 265 g/mol. The smallest absolute Gasteiger partial charge is 0.196 e. The van der Waals surface area contributed by atoms with E-state index in [0.29, 0.717) is 16.0 Å². The molecule has 0 bridgehead atoms. The number of benzene rings is 2. The van der Waals surface area contributed by atoms with Crippen LogP contribution in [0.4, 0.5) is 5.69 Å². The summed E-state index contributed by atoms with van der Waals surface area (Å²) in [5, 5.41) is 0. The fraction of sp³-hybridized carbons (Fsp3) is 0. The summed E-state index contributed by atoms with van der Waals surface area (Å²) < 4.78 is 0. The molecule has 0 unspecified atom stereocenters. The molecule has 3 nitrogen and oxygen atoms in total. The van der Waals surface area contributed by atoms with Crippen LogP contribution in [-0.2, 0) is 0 Å². The van der Waals surface area contributed by atoms with Gasteiger partial charge in [0.05, 0.1) is 11.3 Å². The molecular formula is C14H8BNO2S. The van der Waals surface area contributed by atoms with Crippen LogP contribution in [0.25, 0.3) is 0 Å². The molecule has 2 N–H and O–H groups in total. The highest BCUT2D eigenvalue weighted by molar-refractivity contribution is 7.80. The van der Waals surface area contributed by atoms with Gasteiger partial charge < -0.3 is 5.73 Å². The molecule has 2 aromatic rings. The lowest BCUT2D eigenvalue weighted by molar-refractivity contribution is 0.0980. The minimum atomic E-state index is -0.287. The maximum Gasteiger partial charge on any atom is 0.196 e. The van der Waals surface area contributed by atoms with Crippen molar-refractivity contribution in [2.45, 2.75) is 4.90 Å². The lowest BCUT2D eigenvalue weighted by Crippen LogP contribution is -2.29. The van der Waals surface area contributed by atoms with E-state index in [1.54, 1.807) is 24.3 Å². The largest absolute Gasteiger partial charge is 0.397 e. The van der Waals surface area contributed by atoms with Crippen LogP contribution in [-0.4, -0.2) is 19.4 Å². The van der Waals surface area contributed by atoms with Crippen molar-refractivity contribution in [3.8, 4) is 0 Å². The summed E-state index contributed by atoms with van der Waals surface area (Å²) >= 11 is 4.17. The van der Waals surface area contributed by atoms with Gasteiger partial charge in [0.1, 0.15) is 7.85 Å². The molecule has 0 heterocycles. The Kier molecular flexibility index (Phi) is 2.54. The van der Waals surface area contributed by atoms with Crippen molar-refractivity contribution in [2.24, 2.45) is 0 Å². The SMILES string of the molecule is [B]c1cc(S)c(N)c2c1C(=O)c1ccccc1C2=O. The highest BCUT2D eigenvalue weighted by Gasteiger charge is 2.32. The molecule has 0 spiro atoms. The fourth-order valence-corrected chi connectivity index (χ4v) is 2.58. The average molecular weight is 265 g/mol. The zero-order valence-corrected chi connectivity index (χ0v) is 10.7. The Labute approximate surface area is 116 Å². The lowest BCUT2D eigenvalue weighted by atomic mass is 9.76. The molecule has 3 rings (SSSR count). The van der Waals surface area contributed by atoms with Crippen LogP contribution in [0, 0.1) is 0 Å². The number of carbonyl (C=O) groups is 2. The van der Waals surface area contributed by atoms with Crippen LogP contribution in [0.5, 0.6) is 0 Å². The molecule has 5 heteroatoms. The molecule has 0 fully saturated rings. The molecule has 1 aliphatic rings. The van der Waals surface area contributed by atoms with Crippen LogP contribution >= 0.6 is 12.6 Å². The topological polar surface area (TPSA) is 60.2 Å². The predicted molar refractivity (Wildman–Crippen MR) is 76.8 cm³/mol. The zero-order valence-electron chi connectivity index (χ0n) is 9.81. The molecule has 1 aliphatic carbocycles. The number of anilines is 1. The van der Waals surface area contributed by atoms with Crippen LogP contribution in [0.3, 0.4) is 0 Å². The molecule has 0 saturated carbocycles. The van der Waals surface area contributed by atoms with E-state index in [4.69, 9.17) is 13.6 Å². The molecule has 2 radical (unpaired) electrons. The van der Waals surface area contributed by atoms with Gasteiger partial charge >= 0.3 is 0 Å². The van der Waals surface area contributed by atoms with Crippen LogP contribution < -0.4 is 11.2 Å². The number of rotatable bonds is 0. The van der Waals surface area contributed by atoms with Crippen LogP contribution in [0.1, 0.15) is 31.8 Å². The molecule has 0 aliphatic heterocycles. The maximum atomic E-state index is 12.5. The van der Waals surface area contributed by atoms with Gasteiger partial charge in [0, 0.05) is 21.6 Å². The van der Waals surface area contributed by atoms with E-state index in [1.165, 1.54) is 6.07 Å². The summed E-state index contributed by atoms with van der Waals surface area (Å²) in [6.07, 6.45) is 0. The molecule has 0 atom stereocenters. The first-order valence-corrected chi connectivity index (χ1v) is 6.06. The number of carbonyl (C=O) groups excluding carboxylic acids is 2. The van der Waals surface area contributed by atoms with Crippen LogP contribution in [0.15, 0.2) is 35.2 Å². The predicted octanol–water partition coefficient (Wildman–Crippen LogP) is 1.13. The van der Waals surface area contributed by atoms with Crippen molar-refractivity contribution in [3.05, 3.63) is 52.6 Å². The minimum Gasteiger partial charge on any atom is -0.397 e. The summed E-state index contributed by atoms with van der Waals surface area (Å²) in [5.74, 6) is -0.562. The number of hydrogen-bond acceptors (Lipinski definition) is 4. The Morgan fingerprint density at radius 1 is 1.00 bits per heavy atom. The summed E-state index contributed by atoms with van der Waals surface area (Å²) in [6.45, 7) is 0. The van der Waals surface area contributed by atoms with E-state index in [2.05, 4.69) is 12.6 Å². The summed E-state index contributed by atoms with van der Waals surface area (Å²) in [6, 6.07) is 8.14. The number of thiol groups is 1. The zero-order chi connectivity index (χ0) is 13.7. The van der Waals surface area contributed by atoms with Crippen molar-refractivity contribution in [3.63, 3.8) is 0 Å². The van der Waals surface area contributed by atoms with Crippen molar-refractivity contribution in [1.82, 2.24) is 0 Å². The summed E-state index contributed by atoms with van der Waals surface area (Å²) in [5.41, 5.74) is 7.35. The van der Waals surface area contributed by atoms with Gasteiger partial charge in [-0.05, 0) is 0 Å². The first kappa shape index (κ1) is 12.1. The van der Waals surface area contributed by atoms with Gasteiger partial charge in [0.15, 0.2) is 11.6 Å². The molecule has 0 aromatic heterocycles. The molecule has 2 aromatic carbocycles. The van der Waals surface area contributed by atoms with Crippen LogP contribution in [0.2, 0.25) is 0 Å². The van der Waals surface area contributed by atoms with Crippen molar-refractivity contribution in [1.29, 1.82) is 0 Å². The Morgan fingerprint density at radius 2 is 1.53 bits per heavy atom. The number of hydrogen-bond donors (Lipinski definition) is 2. The van der Waals surface area contributed by atoms with E-state index in [9.17, 15) is 9.59 Å². The second kappa shape index (κ2) is 4.00. The summed E-state index contributed by atoms with van der Waals surface area (Å²) in [4.78, 5) is 25.3. The van der Waals surface area contributed by atoms with E-state index < -0.39 is 0 Å². The Morgan fingerprint density at radius 3 is 2.11 bits per heavy atom. The normalized spacial score (nSPS) is 13.1. The third-order valence-corrected chi connectivity index (χ3v) is 3.62. The third-order valence-electron chi connectivity index (χ3n) is 3.25. The summed E-state index contributed by atoms with van der Waals surface area (Å²) in [7, 11) is 5.84. The molecule has 90 valence electrons. The molecule has 0 amide bonds. The van der Waals surface area contributed by atoms with Gasteiger partial charge in [-0.15, -0.1) is 12.6 Å². The molecule has 19 heavy (non-hydrogen) atoms. The van der Waals surface area contributed by atoms with Gasteiger partial charge in [0.2, 0.25) is 0 Å². The maximum absolute atomic E-state index is 12.5. The fourth-order valence-electron chi connectivity index (χ4n) is 2.33. The van der Waals surface area contributed by atoms with E-state index in [0.717, 1.165) is 0 Å². The van der Waals surface area contributed by atoms with Gasteiger partial charge in [-0.1, -0.05) is 35.8 Å². The van der Waals surface area contributed by atoms with E-state index >= 15 is 0 Å². The highest BCUT2D eigenvalue weighted by Crippen LogP contribution is 2.32. The Bertz CT molecular complexity index is 755. The Hall–Kier alpha value is -2.01. The molecule has 0 saturated heterocycles. The quantitative estimate of drug-likeness (QED) is 0.364. The number of nitrogens with two attached hydrogens (primary N) is 1. The number of fused-ring (bicyclic) bond motifs is 2. The van der Waals surface area contributed by atoms with E-state index in [1.807, 2.05) is 0 Å². The Balaban J connectivity index is 2.43. The highest BCUT2D eigenvalue weighted by atomic mass is 32.1. The number of nitrogen functional groups attached to an aromatic ring is 1. The second-order valence-electron chi connectivity index (χ2n) is 4.35. The van der Waals surface area contributed by atoms with Crippen molar-refractivity contribution in [2.75, 3.05) is 5.73 Å². The minimum absolute atomic E-state index is 0.161. The van der Waals surface area contributed by atoms with Crippen molar-refractivity contribution >= 4 is 43.2 Å². The third kappa shape index (κ3) is 1.55. The first-order chi connectivity index (χ1) is 9.02.